The van der Waals surface area contributed by atoms with E-state index in [2.05, 4.69) is 85.7 Å². The summed E-state index contributed by atoms with van der Waals surface area (Å²) in [5, 5.41) is 8.09. The van der Waals surface area contributed by atoms with Crippen LogP contribution in [0.3, 0.4) is 0 Å². The van der Waals surface area contributed by atoms with Crippen LogP contribution in [-0.4, -0.2) is 34.1 Å². The average molecular weight is 401 g/mol. The van der Waals surface area contributed by atoms with E-state index in [-0.39, 0.29) is 0 Å². The molecule has 6 heteroatoms. The Bertz CT molecular complexity index is 1110. The lowest BCUT2D eigenvalue weighted by atomic mass is 10.1. The molecule has 0 fully saturated rings. The van der Waals surface area contributed by atoms with Crippen LogP contribution >= 0.6 is 0 Å². The second-order valence-electron chi connectivity index (χ2n) is 7.52. The average Bonchev–Trinajstić information content (AvgIpc) is 3.41. The third-order valence-corrected chi connectivity index (χ3v) is 5.24. The predicted octanol–water partition coefficient (Wildman–Crippen LogP) is 3.63. The third-order valence-electron chi connectivity index (χ3n) is 5.24. The molecule has 0 radical (unpaired) electrons. The maximum atomic E-state index is 4.34. The fraction of sp³-hybridized carbons (Fsp3) is 0.250. The molecule has 0 aliphatic carbocycles. The molecular formula is C24H28N6. The van der Waals surface area contributed by atoms with Crippen molar-refractivity contribution < 1.29 is 0 Å². The zero-order chi connectivity index (χ0) is 20.8. The van der Waals surface area contributed by atoms with E-state index in [1.54, 1.807) is 13.2 Å². The Morgan fingerprint density at radius 3 is 2.70 bits per heavy atom. The van der Waals surface area contributed by atoms with E-state index in [0.29, 0.717) is 0 Å². The van der Waals surface area contributed by atoms with Crippen LogP contribution in [0.1, 0.15) is 22.3 Å². The van der Waals surface area contributed by atoms with Crippen LogP contribution in [0.15, 0.2) is 72.4 Å². The van der Waals surface area contributed by atoms with Crippen molar-refractivity contribution in [3.63, 3.8) is 0 Å². The Balaban J connectivity index is 1.25. The molecule has 0 bridgehead atoms. The van der Waals surface area contributed by atoms with E-state index in [1.807, 2.05) is 12.5 Å². The number of imidazole rings is 1. The topological polar surface area (TPSA) is 70.0 Å². The van der Waals surface area contributed by atoms with Gasteiger partial charge in [0.2, 0.25) is 0 Å². The van der Waals surface area contributed by atoms with Gasteiger partial charge in [0.05, 0.1) is 6.33 Å². The van der Waals surface area contributed by atoms with Gasteiger partial charge < -0.3 is 20.2 Å². The van der Waals surface area contributed by atoms with Crippen molar-refractivity contribution in [3.8, 4) is 0 Å². The smallest absolute Gasteiger partial charge is 0.191 e. The maximum absolute atomic E-state index is 4.34. The number of nitrogens with zero attached hydrogens (tertiary/aromatic N) is 3. The fourth-order valence-corrected chi connectivity index (χ4v) is 3.58. The van der Waals surface area contributed by atoms with Crippen LogP contribution in [0.4, 0.5) is 0 Å². The Kier molecular flexibility index (Phi) is 6.13. The lowest BCUT2D eigenvalue weighted by Crippen LogP contribution is -2.37. The van der Waals surface area contributed by atoms with E-state index < -0.39 is 0 Å². The van der Waals surface area contributed by atoms with Crippen molar-refractivity contribution in [3.05, 3.63) is 89.6 Å². The molecule has 2 heterocycles. The van der Waals surface area contributed by atoms with E-state index in [1.165, 1.54) is 33.2 Å². The van der Waals surface area contributed by atoms with Gasteiger partial charge in [0.15, 0.2) is 5.96 Å². The predicted molar refractivity (Wildman–Crippen MR) is 123 cm³/mol. The quantitative estimate of drug-likeness (QED) is 0.328. The van der Waals surface area contributed by atoms with Gasteiger partial charge in [0, 0.05) is 56.2 Å². The fourth-order valence-electron chi connectivity index (χ4n) is 3.58. The number of aliphatic imine (C=N–C) groups is 1. The first kappa shape index (κ1) is 19.8. The van der Waals surface area contributed by atoms with Crippen molar-refractivity contribution >= 4 is 16.9 Å². The molecule has 154 valence electrons. The summed E-state index contributed by atoms with van der Waals surface area (Å²) in [4.78, 5) is 11.8. The number of aromatic amines is 1. The highest BCUT2D eigenvalue weighted by molar-refractivity contribution is 5.84. The highest BCUT2D eigenvalue weighted by atomic mass is 15.2. The number of H-pyrrole nitrogens is 1. The van der Waals surface area contributed by atoms with Crippen LogP contribution in [-0.2, 0) is 19.5 Å². The number of guanidine groups is 1. The first-order chi connectivity index (χ1) is 14.7. The van der Waals surface area contributed by atoms with Crippen molar-refractivity contribution in [1.82, 2.24) is 25.2 Å². The molecule has 0 saturated carbocycles. The zero-order valence-corrected chi connectivity index (χ0v) is 17.5. The lowest BCUT2D eigenvalue weighted by Gasteiger charge is -2.12. The Hall–Kier alpha value is -3.54. The Morgan fingerprint density at radius 2 is 1.93 bits per heavy atom. The van der Waals surface area contributed by atoms with Crippen molar-refractivity contribution in [1.29, 1.82) is 0 Å². The van der Waals surface area contributed by atoms with E-state index in [9.17, 15) is 0 Å². The monoisotopic (exact) mass is 400 g/mol. The number of aryl methyl sites for hydroxylation is 1. The lowest BCUT2D eigenvalue weighted by molar-refractivity contribution is 0.788. The molecule has 4 aromatic rings. The first-order valence-electron chi connectivity index (χ1n) is 10.3. The summed E-state index contributed by atoms with van der Waals surface area (Å²) in [6, 6.07) is 15.2. The minimum atomic E-state index is 0.734. The van der Waals surface area contributed by atoms with E-state index in [4.69, 9.17) is 0 Å². The molecule has 2 aromatic carbocycles. The molecule has 0 spiro atoms. The Labute approximate surface area is 177 Å². The molecule has 0 aliphatic heterocycles. The minimum Gasteiger partial charge on any atom is -0.361 e. The molecular weight excluding hydrogens is 372 g/mol. The van der Waals surface area contributed by atoms with Gasteiger partial charge in [-0.25, -0.2) is 4.98 Å². The summed E-state index contributed by atoms with van der Waals surface area (Å²) in [5.74, 6) is 0.813. The highest BCUT2D eigenvalue weighted by Crippen LogP contribution is 2.19. The molecule has 0 unspecified atom stereocenters. The summed E-state index contributed by atoms with van der Waals surface area (Å²) in [6.07, 6.45) is 8.65. The van der Waals surface area contributed by atoms with Crippen LogP contribution in [0.2, 0.25) is 0 Å². The summed E-state index contributed by atoms with van der Waals surface area (Å²) in [7, 11) is 1.80. The maximum Gasteiger partial charge on any atom is 0.191 e. The zero-order valence-electron chi connectivity index (χ0n) is 17.5. The number of nitrogens with one attached hydrogen (secondary N) is 3. The van der Waals surface area contributed by atoms with Gasteiger partial charge in [0.25, 0.3) is 0 Å². The van der Waals surface area contributed by atoms with Gasteiger partial charge in [-0.2, -0.15) is 0 Å². The van der Waals surface area contributed by atoms with Gasteiger partial charge in [-0.1, -0.05) is 36.4 Å². The van der Waals surface area contributed by atoms with E-state index >= 15 is 0 Å². The molecule has 0 saturated heterocycles. The van der Waals surface area contributed by atoms with E-state index in [0.717, 1.165) is 32.0 Å². The van der Waals surface area contributed by atoms with Gasteiger partial charge in [0.1, 0.15) is 0 Å². The second kappa shape index (κ2) is 9.31. The molecule has 4 rings (SSSR count). The number of fused-ring (bicyclic) bond motifs is 1. The van der Waals surface area contributed by atoms with Crippen LogP contribution in [0, 0.1) is 6.92 Å². The Morgan fingerprint density at radius 1 is 1.10 bits per heavy atom. The van der Waals surface area contributed by atoms with Gasteiger partial charge in [-0.05, 0) is 41.7 Å². The van der Waals surface area contributed by atoms with Crippen LogP contribution < -0.4 is 10.6 Å². The first-order valence-corrected chi connectivity index (χ1v) is 10.3. The van der Waals surface area contributed by atoms with Gasteiger partial charge >= 0.3 is 0 Å². The molecule has 2 aromatic heterocycles. The van der Waals surface area contributed by atoms with Crippen LogP contribution in [0.25, 0.3) is 10.9 Å². The largest absolute Gasteiger partial charge is 0.361 e. The number of rotatable bonds is 7. The molecule has 30 heavy (non-hydrogen) atoms. The van der Waals surface area contributed by atoms with Crippen molar-refractivity contribution in [2.45, 2.75) is 26.4 Å². The van der Waals surface area contributed by atoms with Crippen molar-refractivity contribution in [2.24, 2.45) is 4.99 Å². The number of hydrogen-bond acceptors (Lipinski definition) is 2. The second-order valence-corrected chi connectivity index (χ2v) is 7.52. The molecule has 0 aliphatic rings. The number of hydrogen-bond donors (Lipinski definition) is 3. The number of aromatic nitrogens is 3. The normalized spacial score (nSPS) is 11.7. The standard InChI is InChI=1S/C24H28N6/c1-18-3-8-22-21(15-28-23(22)13-18)9-10-27-24(25-2)29-14-19-4-6-20(7-5-19)16-30-12-11-26-17-30/h3-8,11-13,15,17,28H,9-10,14,16H2,1-2H3,(H2,25,27,29). The summed E-state index contributed by atoms with van der Waals surface area (Å²) < 4.78 is 2.06. The third kappa shape index (κ3) is 4.89. The summed E-state index contributed by atoms with van der Waals surface area (Å²) in [6.45, 7) is 4.51. The molecule has 0 amide bonds. The SMILES string of the molecule is CN=C(NCCc1c[nH]c2cc(C)ccc12)NCc1ccc(Cn2ccnc2)cc1. The molecule has 3 N–H and O–H groups in total. The van der Waals surface area contributed by atoms with Gasteiger partial charge in [-0.15, -0.1) is 0 Å². The molecule has 0 atom stereocenters. The number of benzene rings is 2. The summed E-state index contributed by atoms with van der Waals surface area (Å²) >= 11 is 0. The minimum absolute atomic E-state index is 0.734. The van der Waals surface area contributed by atoms with Crippen molar-refractivity contribution in [2.75, 3.05) is 13.6 Å². The summed E-state index contributed by atoms with van der Waals surface area (Å²) in [5.41, 5.74) is 6.27. The van der Waals surface area contributed by atoms with Gasteiger partial charge in [-0.3, -0.25) is 4.99 Å². The highest BCUT2D eigenvalue weighted by Gasteiger charge is 2.05. The molecule has 6 nitrogen and oxygen atoms in total. The van der Waals surface area contributed by atoms with Crippen LogP contribution in [0.5, 0.6) is 0 Å².